The molecular weight excluding hydrogens is 570 g/mol. The fourth-order valence-corrected chi connectivity index (χ4v) is 6.27. The monoisotopic (exact) mass is 601 g/mol. The number of nitrogens with one attached hydrogen (secondary N) is 1. The summed E-state index contributed by atoms with van der Waals surface area (Å²) in [6.07, 6.45) is 0.671. The van der Waals surface area contributed by atoms with Crippen LogP contribution in [0.1, 0.15) is 59.7 Å². The molecule has 0 unspecified atom stereocenters. The lowest BCUT2D eigenvalue weighted by molar-refractivity contribution is -0.119. The topological polar surface area (TPSA) is 124 Å². The number of carbonyl (C=O) groups is 4. The van der Waals surface area contributed by atoms with E-state index in [1.807, 2.05) is 42.5 Å². The molecule has 4 aromatic rings. The maximum absolute atomic E-state index is 13.6. The summed E-state index contributed by atoms with van der Waals surface area (Å²) in [5.74, 6) is -2.65. The van der Waals surface area contributed by atoms with Gasteiger partial charge in [-0.3, -0.25) is 14.7 Å². The van der Waals surface area contributed by atoms with Crippen LogP contribution in [0.2, 0.25) is 0 Å². The Morgan fingerprint density at radius 1 is 0.953 bits per heavy atom. The van der Waals surface area contributed by atoms with Crippen LogP contribution < -0.4 is 5.32 Å². The molecule has 0 aliphatic carbocycles. The van der Waals surface area contributed by atoms with E-state index < -0.39 is 30.4 Å². The molecule has 0 spiro atoms. The number of ether oxygens (including phenoxy) is 3. The number of fused-ring (bicyclic) bond motifs is 2. The largest absolute Gasteiger partial charge is 0.465 e. The van der Waals surface area contributed by atoms with Gasteiger partial charge < -0.3 is 19.5 Å². The van der Waals surface area contributed by atoms with Crippen LogP contribution in [-0.4, -0.2) is 60.6 Å². The number of benzene rings is 2. The van der Waals surface area contributed by atoms with E-state index in [-0.39, 0.29) is 22.0 Å². The molecule has 1 amide bonds. The summed E-state index contributed by atoms with van der Waals surface area (Å²) in [7, 11) is 1.21. The van der Waals surface area contributed by atoms with Gasteiger partial charge >= 0.3 is 17.9 Å². The third-order valence-corrected chi connectivity index (χ3v) is 8.35. The van der Waals surface area contributed by atoms with Gasteiger partial charge in [-0.2, -0.15) is 0 Å². The number of amides is 1. The maximum atomic E-state index is 13.6. The zero-order valence-corrected chi connectivity index (χ0v) is 24.9. The van der Waals surface area contributed by atoms with Crippen LogP contribution in [0, 0.1) is 6.92 Å². The van der Waals surface area contributed by atoms with E-state index in [1.54, 1.807) is 13.8 Å². The molecule has 2 aromatic carbocycles. The van der Waals surface area contributed by atoms with Crippen molar-refractivity contribution in [3.8, 4) is 0 Å². The first-order chi connectivity index (χ1) is 20.8. The maximum Gasteiger partial charge on any atom is 0.348 e. The molecule has 43 heavy (non-hydrogen) atoms. The lowest BCUT2D eigenvalue weighted by atomic mass is 9.95. The lowest BCUT2D eigenvalue weighted by Gasteiger charge is -2.30. The molecule has 0 atom stereocenters. The number of nitrogens with zero attached hydrogens (tertiary/aromatic N) is 2. The van der Waals surface area contributed by atoms with Crippen LogP contribution in [-0.2, 0) is 38.5 Å². The van der Waals surface area contributed by atoms with Crippen molar-refractivity contribution in [1.82, 2.24) is 9.88 Å². The van der Waals surface area contributed by atoms with Gasteiger partial charge in [0.05, 0.1) is 30.4 Å². The number of pyridine rings is 1. The summed E-state index contributed by atoms with van der Waals surface area (Å²) < 4.78 is 15.5. The molecule has 1 aliphatic heterocycles. The van der Waals surface area contributed by atoms with E-state index in [0.29, 0.717) is 35.0 Å². The highest BCUT2D eigenvalue weighted by molar-refractivity contribution is 7.18. The van der Waals surface area contributed by atoms with Crippen LogP contribution in [0.5, 0.6) is 0 Å². The number of esters is 3. The van der Waals surface area contributed by atoms with E-state index in [1.165, 1.54) is 12.7 Å². The average molecular weight is 602 g/mol. The van der Waals surface area contributed by atoms with Gasteiger partial charge in [0.1, 0.15) is 9.88 Å². The smallest absolute Gasteiger partial charge is 0.348 e. The number of carbonyl (C=O) groups excluding carboxylic acids is 4. The zero-order chi connectivity index (χ0) is 30.5. The zero-order valence-electron chi connectivity index (χ0n) is 24.1. The Hall–Kier alpha value is -4.61. The Labute approximate surface area is 252 Å². The van der Waals surface area contributed by atoms with E-state index in [4.69, 9.17) is 19.2 Å². The van der Waals surface area contributed by atoms with Gasteiger partial charge in [0, 0.05) is 42.7 Å². The summed E-state index contributed by atoms with van der Waals surface area (Å²) in [5.41, 5.74) is 4.23. The van der Waals surface area contributed by atoms with Crippen molar-refractivity contribution < 1.29 is 33.4 Å². The third kappa shape index (κ3) is 6.42. The van der Waals surface area contributed by atoms with Crippen LogP contribution >= 0.6 is 11.3 Å². The molecule has 222 valence electrons. The van der Waals surface area contributed by atoms with Crippen LogP contribution in [0.3, 0.4) is 0 Å². The van der Waals surface area contributed by atoms with Crippen molar-refractivity contribution in [2.75, 3.05) is 32.2 Å². The molecule has 11 heteroatoms. The fourth-order valence-electron chi connectivity index (χ4n) is 5.16. The van der Waals surface area contributed by atoms with Crippen molar-refractivity contribution in [1.29, 1.82) is 0 Å². The summed E-state index contributed by atoms with van der Waals surface area (Å²) in [6.45, 7) is 4.81. The van der Waals surface area contributed by atoms with Crippen molar-refractivity contribution in [3.63, 3.8) is 0 Å². The van der Waals surface area contributed by atoms with Crippen LogP contribution in [0.25, 0.3) is 10.9 Å². The Kier molecular flexibility index (Phi) is 9.13. The van der Waals surface area contributed by atoms with Crippen LogP contribution in [0.15, 0.2) is 54.6 Å². The number of hydrogen-bond acceptors (Lipinski definition) is 10. The number of methoxy groups -OCH3 is 1. The van der Waals surface area contributed by atoms with Crippen molar-refractivity contribution in [2.45, 2.75) is 33.4 Å². The Balaban J connectivity index is 1.37. The lowest BCUT2D eigenvalue weighted by Crippen LogP contribution is -2.32. The number of para-hydroxylation sites is 1. The second kappa shape index (κ2) is 13.1. The van der Waals surface area contributed by atoms with Crippen LogP contribution in [0.4, 0.5) is 5.00 Å². The number of rotatable bonds is 9. The van der Waals surface area contributed by atoms with Gasteiger partial charge in [-0.1, -0.05) is 48.5 Å². The number of hydrogen-bond donors (Lipinski definition) is 1. The molecule has 10 nitrogen and oxygen atoms in total. The Bertz CT molecular complexity index is 1700. The SMILES string of the molecule is CCOC(=O)c1sc(NC(=O)COC(=O)c2c3c(nc4ccccc24)CCN(Cc2ccccc2)C3)c(C(=O)OC)c1C. The highest BCUT2D eigenvalue weighted by Crippen LogP contribution is 2.34. The first-order valence-electron chi connectivity index (χ1n) is 13.8. The first kappa shape index (κ1) is 29.9. The molecule has 5 rings (SSSR count). The predicted octanol–water partition coefficient (Wildman–Crippen LogP) is 4.92. The van der Waals surface area contributed by atoms with Crippen molar-refractivity contribution in [2.24, 2.45) is 0 Å². The fraction of sp³-hybridized carbons (Fsp3) is 0.281. The third-order valence-electron chi connectivity index (χ3n) is 7.16. The molecule has 0 saturated carbocycles. The first-order valence-corrected chi connectivity index (χ1v) is 14.6. The van der Waals surface area contributed by atoms with E-state index in [0.717, 1.165) is 35.7 Å². The van der Waals surface area contributed by atoms with Gasteiger partial charge in [-0.05, 0) is 31.0 Å². The number of anilines is 1. The average Bonchev–Trinajstić information content (AvgIpc) is 3.34. The Morgan fingerprint density at radius 3 is 2.44 bits per heavy atom. The minimum Gasteiger partial charge on any atom is -0.465 e. The minimum atomic E-state index is -0.716. The number of aromatic nitrogens is 1. The molecule has 0 fully saturated rings. The van der Waals surface area contributed by atoms with E-state index >= 15 is 0 Å². The van der Waals surface area contributed by atoms with E-state index in [9.17, 15) is 19.2 Å². The predicted molar refractivity (Wildman–Crippen MR) is 161 cm³/mol. The van der Waals surface area contributed by atoms with Gasteiger partial charge in [0.25, 0.3) is 5.91 Å². The molecule has 0 saturated heterocycles. The van der Waals surface area contributed by atoms with Gasteiger partial charge in [-0.15, -0.1) is 11.3 Å². The second-order valence-electron chi connectivity index (χ2n) is 9.97. The van der Waals surface area contributed by atoms with Crippen molar-refractivity contribution >= 4 is 51.1 Å². The molecule has 1 N–H and O–H groups in total. The standard InChI is InChI=1S/C32H31N3O7S/c1-4-41-32(39)28-19(2)26(30(37)40-3)29(43-28)34-25(36)18-42-31(38)27-21-12-8-9-13-23(21)33-24-14-15-35(17-22(24)27)16-20-10-6-5-7-11-20/h5-13H,4,14-18H2,1-3H3,(H,34,36). The summed E-state index contributed by atoms with van der Waals surface area (Å²) in [4.78, 5) is 58.7. The Morgan fingerprint density at radius 2 is 1.70 bits per heavy atom. The highest BCUT2D eigenvalue weighted by Gasteiger charge is 2.29. The van der Waals surface area contributed by atoms with Gasteiger partial charge in [0.2, 0.25) is 0 Å². The molecule has 0 bridgehead atoms. The quantitative estimate of drug-likeness (QED) is 0.210. The molecular formula is C32H31N3O7S. The summed E-state index contributed by atoms with van der Waals surface area (Å²) in [6, 6.07) is 17.5. The van der Waals surface area contributed by atoms with Gasteiger partial charge in [-0.25, -0.2) is 14.4 Å². The highest BCUT2D eigenvalue weighted by atomic mass is 32.1. The molecule has 0 radical (unpaired) electrons. The molecule has 1 aliphatic rings. The summed E-state index contributed by atoms with van der Waals surface area (Å²) >= 11 is 0.897. The number of thiophene rings is 1. The molecule has 2 aromatic heterocycles. The minimum absolute atomic E-state index is 0.0444. The van der Waals surface area contributed by atoms with Gasteiger partial charge in [0.15, 0.2) is 6.61 Å². The normalized spacial score (nSPS) is 12.8. The second-order valence-corrected chi connectivity index (χ2v) is 11.0. The summed E-state index contributed by atoms with van der Waals surface area (Å²) in [5, 5.41) is 3.35. The molecule has 3 heterocycles. The van der Waals surface area contributed by atoms with E-state index in [2.05, 4.69) is 22.3 Å². The van der Waals surface area contributed by atoms with Crippen molar-refractivity contribution in [3.05, 3.63) is 93.0 Å².